The summed E-state index contributed by atoms with van der Waals surface area (Å²) in [6.07, 6.45) is 3.94. The first-order chi connectivity index (χ1) is 14.3. The Balaban J connectivity index is 1.78. The lowest BCUT2D eigenvalue weighted by Gasteiger charge is -2.39. The first-order valence-corrected chi connectivity index (χ1v) is 13.2. The van der Waals surface area contributed by atoms with E-state index in [0.29, 0.717) is 11.4 Å². The number of amides is 1. The third-order valence-electron chi connectivity index (χ3n) is 6.84. The van der Waals surface area contributed by atoms with Gasteiger partial charge in [0.15, 0.2) is 0 Å². The summed E-state index contributed by atoms with van der Waals surface area (Å²) in [7, 11) is -3.89. The van der Waals surface area contributed by atoms with Crippen molar-refractivity contribution in [2.45, 2.75) is 83.7 Å². The fraction of sp³-hybridized carbons (Fsp3) is 0.696. The summed E-state index contributed by atoms with van der Waals surface area (Å²) in [5.41, 5.74) is 0.376. The average Bonchev–Trinajstić information content (AvgIpc) is 2.91. The van der Waals surface area contributed by atoms with E-state index in [9.17, 15) is 13.2 Å². The topological polar surface area (TPSA) is 57.7 Å². The van der Waals surface area contributed by atoms with E-state index in [-0.39, 0.29) is 51.7 Å². The second kappa shape index (κ2) is 8.85. The van der Waals surface area contributed by atoms with Crippen LogP contribution in [0.4, 0.5) is 0 Å². The van der Waals surface area contributed by atoms with E-state index in [4.69, 9.17) is 23.2 Å². The molecule has 8 heteroatoms. The Morgan fingerprint density at radius 1 is 1.26 bits per heavy atom. The Kier molecular flexibility index (Phi) is 7.08. The van der Waals surface area contributed by atoms with Crippen LogP contribution >= 0.6 is 23.2 Å². The van der Waals surface area contributed by atoms with Gasteiger partial charge in [0.1, 0.15) is 4.90 Å². The smallest absolute Gasteiger partial charge is 0.244 e. The van der Waals surface area contributed by atoms with Gasteiger partial charge >= 0.3 is 0 Å². The second-order valence-corrected chi connectivity index (χ2v) is 13.1. The molecule has 2 aliphatic rings. The van der Waals surface area contributed by atoms with Crippen LogP contribution in [0.3, 0.4) is 0 Å². The normalized spacial score (nSPS) is 26.3. The molecular formula is C23H34Cl2N2O3S. The minimum atomic E-state index is -3.89. The fourth-order valence-electron chi connectivity index (χ4n) is 5.68. The molecule has 1 aromatic carbocycles. The highest BCUT2D eigenvalue weighted by atomic mass is 35.5. The first kappa shape index (κ1) is 24.8. The largest absolute Gasteiger partial charge is 0.339 e. The molecule has 1 aliphatic carbocycles. The maximum Gasteiger partial charge on any atom is 0.244 e. The number of nitrogens with zero attached hydrogens (tertiary/aromatic N) is 2. The predicted octanol–water partition coefficient (Wildman–Crippen LogP) is 5.60. The number of fused-ring (bicyclic) bond motifs is 2. The molecular weight excluding hydrogens is 455 g/mol. The Labute approximate surface area is 197 Å². The van der Waals surface area contributed by atoms with Crippen LogP contribution < -0.4 is 0 Å². The number of rotatable bonds is 7. The quantitative estimate of drug-likeness (QED) is 0.501. The molecule has 1 aromatic rings. The number of halogens is 2. The van der Waals surface area contributed by atoms with Crippen molar-refractivity contribution in [3.05, 3.63) is 28.2 Å². The van der Waals surface area contributed by atoms with Crippen LogP contribution in [0.1, 0.15) is 66.7 Å². The van der Waals surface area contributed by atoms with Gasteiger partial charge in [0.05, 0.1) is 5.02 Å². The molecule has 2 bridgehead atoms. The number of carbonyl (C=O) groups excluding carboxylic acids is 1. The van der Waals surface area contributed by atoms with Gasteiger partial charge in [-0.2, -0.15) is 4.31 Å². The summed E-state index contributed by atoms with van der Waals surface area (Å²) in [4.78, 5) is 15.2. The highest BCUT2D eigenvalue weighted by molar-refractivity contribution is 7.89. The molecule has 1 saturated carbocycles. The highest BCUT2D eigenvalue weighted by Crippen LogP contribution is 2.52. The van der Waals surface area contributed by atoms with Crippen LogP contribution in [0.15, 0.2) is 23.1 Å². The van der Waals surface area contributed by atoms with Crippen LogP contribution in [0, 0.1) is 10.8 Å². The summed E-state index contributed by atoms with van der Waals surface area (Å²) in [5, 5.41) is 0.441. The van der Waals surface area contributed by atoms with Gasteiger partial charge in [0.2, 0.25) is 15.9 Å². The summed E-state index contributed by atoms with van der Waals surface area (Å²) in [6.45, 7) is 11.5. The third-order valence-corrected chi connectivity index (χ3v) is 9.57. The van der Waals surface area contributed by atoms with Gasteiger partial charge in [0.25, 0.3) is 0 Å². The summed E-state index contributed by atoms with van der Waals surface area (Å²) < 4.78 is 28.2. The SMILES string of the molecule is CCC(C)N(CCC(=O)N1CC2(C)CC1CC(C)(C)C2)S(=O)(=O)c1cc(Cl)ccc1Cl. The van der Waals surface area contributed by atoms with Gasteiger partial charge < -0.3 is 4.90 Å². The highest BCUT2D eigenvalue weighted by Gasteiger charge is 2.50. The van der Waals surface area contributed by atoms with E-state index < -0.39 is 10.0 Å². The van der Waals surface area contributed by atoms with Crippen molar-refractivity contribution in [3.8, 4) is 0 Å². The minimum Gasteiger partial charge on any atom is -0.339 e. The molecule has 3 unspecified atom stereocenters. The van der Waals surface area contributed by atoms with E-state index in [1.165, 1.54) is 16.4 Å². The molecule has 0 aromatic heterocycles. The molecule has 31 heavy (non-hydrogen) atoms. The lowest BCUT2D eigenvalue weighted by Crippen LogP contribution is -2.43. The van der Waals surface area contributed by atoms with E-state index in [2.05, 4.69) is 20.8 Å². The molecule has 0 spiro atoms. The summed E-state index contributed by atoms with van der Waals surface area (Å²) in [6, 6.07) is 4.42. The number of sulfonamides is 1. The van der Waals surface area contributed by atoms with Crippen molar-refractivity contribution < 1.29 is 13.2 Å². The molecule has 5 nitrogen and oxygen atoms in total. The molecule has 1 heterocycles. The van der Waals surface area contributed by atoms with E-state index in [0.717, 1.165) is 25.8 Å². The molecule has 1 aliphatic heterocycles. The number of carbonyl (C=O) groups is 1. The Bertz CT molecular complexity index is 950. The monoisotopic (exact) mass is 488 g/mol. The average molecular weight is 490 g/mol. The molecule has 1 amide bonds. The molecule has 174 valence electrons. The van der Waals surface area contributed by atoms with Crippen LogP contribution in [-0.2, 0) is 14.8 Å². The van der Waals surface area contributed by atoms with Crippen molar-refractivity contribution in [2.75, 3.05) is 13.1 Å². The van der Waals surface area contributed by atoms with Crippen molar-refractivity contribution in [1.29, 1.82) is 0 Å². The van der Waals surface area contributed by atoms with Crippen molar-refractivity contribution in [3.63, 3.8) is 0 Å². The van der Waals surface area contributed by atoms with Crippen molar-refractivity contribution >= 4 is 39.1 Å². The Hall–Kier alpha value is -0.820. The fourth-order valence-corrected chi connectivity index (χ4v) is 8.13. The molecule has 3 atom stereocenters. The summed E-state index contributed by atoms with van der Waals surface area (Å²) >= 11 is 12.2. The molecule has 0 N–H and O–H groups in total. The number of likely N-dealkylation sites (tertiary alicyclic amines) is 1. The van der Waals surface area contributed by atoms with Gasteiger partial charge in [-0.3, -0.25) is 4.79 Å². The van der Waals surface area contributed by atoms with Gasteiger partial charge in [-0.25, -0.2) is 8.42 Å². The van der Waals surface area contributed by atoms with E-state index >= 15 is 0 Å². The van der Waals surface area contributed by atoms with Crippen molar-refractivity contribution in [1.82, 2.24) is 9.21 Å². The number of hydrogen-bond donors (Lipinski definition) is 0. The molecule has 3 rings (SSSR count). The van der Waals surface area contributed by atoms with Gasteiger partial charge in [-0.1, -0.05) is 50.9 Å². The zero-order valence-corrected chi connectivity index (χ0v) is 21.4. The standard InChI is InChI=1S/C23H34Cl2N2O3S/c1-6-16(2)27(31(29,30)20-11-17(24)7-8-19(20)25)10-9-21(28)26-15-23(5)13-18(26)12-22(3,4)14-23/h7-8,11,16,18H,6,9-10,12-15H2,1-5H3. The molecule has 2 fully saturated rings. The van der Waals surface area contributed by atoms with Crippen molar-refractivity contribution in [2.24, 2.45) is 10.8 Å². The lowest BCUT2D eigenvalue weighted by molar-refractivity contribution is -0.132. The van der Waals surface area contributed by atoms with Crippen LogP contribution in [0.25, 0.3) is 0 Å². The van der Waals surface area contributed by atoms with Crippen LogP contribution in [0.5, 0.6) is 0 Å². The zero-order valence-electron chi connectivity index (χ0n) is 19.1. The van der Waals surface area contributed by atoms with Crippen LogP contribution in [0.2, 0.25) is 10.0 Å². The number of hydrogen-bond acceptors (Lipinski definition) is 3. The summed E-state index contributed by atoms with van der Waals surface area (Å²) in [5.74, 6) is 0.0344. The molecule has 1 saturated heterocycles. The third kappa shape index (κ3) is 5.23. The van der Waals surface area contributed by atoms with Gasteiger partial charge in [0, 0.05) is 36.6 Å². The van der Waals surface area contributed by atoms with Crippen LogP contribution in [-0.4, -0.2) is 48.7 Å². The lowest BCUT2D eigenvalue weighted by atomic mass is 9.65. The predicted molar refractivity (Wildman–Crippen MR) is 126 cm³/mol. The zero-order chi connectivity index (χ0) is 23.2. The van der Waals surface area contributed by atoms with E-state index in [1.54, 1.807) is 6.07 Å². The van der Waals surface area contributed by atoms with Gasteiger partial charge in [-0.15, -0.1) is 0 Å². The second-order valence-electron chi connectivity index (χ2n) is 10.4. The first-order valence-electron chi connectivity index (χ1n) is 11.0. The maximum atomic E-state index is 13.4. The maximum absolute atomic E-state index is 13.4. The molecule has 0 radical (unpaired) electrons. The Morgan fingerprint density at radius 3 is 2.58 bits per heavy atom. The Morgan fingerprint density at radius 2 is 1.94 bits per heavy atom. The number of benzene rings is 1. The van der Waals surface area contributed by atoms with E-state index in [1.807, 2.05) is 18.7 Å². The minimum absolute atomic E-state index is 0.0132. The van der Waals surface area contributed by atoms with Gasteiger partial charge in [-0.05, 0) is 61.6 Å².